The number of fused-ring (bicyclic) bond motifs is 1. The van der Waals surface area contributed by atoms with Gasteiger partial charge in [-0.15, -0.1) is 0 Å². The highest BCUT2D eigenvalue weighted by Crippen LogP contribution is 2.20. The van der Waals surface area contributed by atoms with Gasteiger partial charge in [0.1, 0.15) is 0 Å². The van der Waals surface area contributed by atoms with Gasteiger partial charge in [0.25, 0.3) is 5.56 Å². The maximum absolute atomic E-state index is 12.9. The Balaban J connectivity index is 1.62. The summed E-state index contributed by atoms with van der Waals surface area (Å²) < 4.78 is 5.88. The first-order chi connectivity index (χ1) is 15.6. The highest BCUT2D eigenvalue weighted by atomic mass is 32.1. The minimum Gasteiger partial charge on any atom is -0.376 e. The van der Waals surface area contributed by atoms with Crippen molar-refractivity contribution in [3.8, 4) is 0 Å². The van der Waals surface area contributed by atoms with E-state index in [1.165, 1.54) is 11.1 Å². The van der Waals surface area contributed by atoms with E-state index in [1.807, 2.05) is 30.3 Å². The summed E-state index contributed by atoms with van der Waals surface area (Å²) in [5, 5.41) is 5.08. The molecule has 32 heavy (non-hydrogen) atoms. The van der Waals surface area contributed by atoms with Crippen molar-refractivity contribution in [2.24, 2.45) is 0 Å². The molecule has 1 aromatic heterocycles. The van der Waals surface area contributed by atoms with Crippen LogP contribution in [-0.2, 0) is 24.1 Å². The van der Waals surface area contributed by atoms with Crippen molar-refractivity contribution in [1.29, 1.82) is 0 Å². The lowest BCUT2D eigenvalue weighted by Gasteiger charge is -2.28. The quantitative estimate of drug-likeness (QED) is 0.496. The van der Waals surface area contributed by atoms with Crippen LogP contribution < -0.4 is 10.9 Å². The van der Waals surface area contributed by atoms with E-state index in [-0.39, 0.29) is 11.7 Å². The molecule has 1 unspecified atom stereocenters. The molecule has 1 saturated heterocycles. The third kappa shape index (κ3) is 5.19. The van der Waals surface area contributed by atoms with Crippen molar-refractivity contribution in [1.82, 2.24) is 9.88 Å². The third-order valence-corrected chi connectivity index (χ3v) is 6.49. The Morgan fingerprint density at radius 1 is 1.16 bits per heavy atom. The molecule has 0 amide bonds. The van der Waals surface area contributed by atoms with Gasteiger partial charge in [0.15, 0.2) is 5.11 Å². The first-order valence-electron chi connectivity index (χ1n) is 11.5. The average Bonchev–Trinajstić information content (AvgIpc) is 3.32. The number of thiocarbonyl (C=S) groups is 1. The fourth-order valence-corrected chi connectivity index (χ4v) is 4.49. The largest absolute Gasteiger partial charge is 0.376 e. The molecule has 5 nitrogen and oxygen atoms in total. The summed E-state index contributed by atoms with van der Waals surface area (Å²) in [4.78, 5) is 18.0. The van der Waals surface area contributed by atoms with Crippen molar-refractivity contribution in [2.75, 3.05) is 18.5 Å². The lowest BCUT2D eigenvalue weighted by molar-refractivity contribution is 0.0904. The molecule has 0 spiro atoms. The average molecular weight is 450 g/mol. The fourth-order valence-electron chi connectivity index (χ4n) is 4.24. The minimum absolute atomic E-state index is 0.0733. The number of ether oxygens (including phenoxy) is 1. The number of pyridine rings is 1. The van der Waals surface area contributed by atoms with E-state index in [0.29, 0.717) is 23.8 Å². The van der Waals surface area contributed by atoms with Crippen LogP contribution in [0.15, 0.2) is 53.3 Å². The smallest absolute Gasteiger partial charge is 0.253 e. The Bertz CT molecular complexity index is 1150. The van der Waals surface area contributed by atoms with Gasteiger partial charge in [-0.05, 0) is 78.7 Å². The number of rotatable bonds is 7. The molecule has 0 aliphatic carbocycles. The molecular weight excluding hydrogens is 418 g/mol. The Labute approximate surface area is 194 Å². The van der Waals surface area contributed by atoms with E-state index in [0.717, 1.165) is 48.9 Å². The molecule has 2 aromatic carbocycles. The van der Waals surface area contributed by atoms with Crippen LogP contribution in [0.3, 0.4) is 0 Å². The number of para-hydroxylation sites is 1. The van der Waals surface area contributed by atoms with Crippen LogP contribution >= 0.6 is 12.2 Å². The lowest BCUT2D eigenvalue weighted by atomic mass is 10.1. The summed E-state index contributed by atoms with van der Waals surface area (Å²) in [5.74, 6) is 0. The minimum atomic E-state index is -0.0733. The number of aromatic nitrogens is 1. The summed E-state index contributed by atoms with van der Waals surface area (Å²) >= 11 is 5.82. The van der Waals surface area contributed by atoms with E-state index in [9.17, 15) is 4.79 Å². The first kappa shape index (κ1) is 22.5. The van der Waals surface area contributed by atoms with Gasteiger partial charge < -0.3 is 19.9 Å². The number of hydrogen-bond donors (Lipinski definition) is 2. The van der Waals surface area contributed by atoms with Crippen molar-refractivity contribution in [3.05, 3.63) is 75.6 Å². The number of hydrogen-bond acceptors (Lipinski definition) is 3. The van der Waals surface area contributed by atoms with Crippen LogP contribution in [-0.4, -0.2) is 34.3 Å². The molecule has 2 N–H and O–H groups in total. The summed E-state index contributed by atoms with van der Waals surface area (Å²) in [5.41, 5.74) is 4.96. The number of aromatic amines is 1. The van der Waals surface area contributed by atoms with E-state index < -0.39 is 0 Å². The third-order valence-electron chi connectivity index (χ3n) is 6.13. The summed E-state index contributed by atoms with van der Waals surface area (Å²) in [6.45, 7) is 6.14. The predicted octanol–water partition coefficient (Wildman–Crippen LogP) is 5.03. The Morgan fingerprint density at radius 2 is 2.00 bits per heavy atom. The zero-order chi connectivity index (χ0) is 22.5. The van der Waals surface area contributed by atoms with Gasteiger partial charge in [0, 0.05) is 29.9 Å². The zero-order valence-corrected chi connectivity index (χ0v) is 19.6. The molecule has 0 saturated carbocycles. The fraction of sp³-hybridized carbons (Fsp3) is 0.385. The molecule has 0 bridgehead atoms. The number of anilines is 1. The Morgan fingerprint density at radius 3 is 2.75 bits per heavy atom. The van der Waals surface area contributed by atoms with Crippen LogP contribution in [0.4, 0.5) is 5.69 Å². The molecule has 2 heterocycles. The van der Waals surface area contributed by atoms with E-state index in [4.69, 9.17) is 17.0 Å². The van der Waals surface area contributed by atoms with Crippen LogP contribution in [0.5, 0.6) is 0 Å². The first-order valence-corrected chi connectivity index (χ1v) is 11.9. The highest BCUT2D eigenvalue weighted by molar-refractivity contribution is 7.80. The lowest BCUT2D eigenvalue weighted by Crippen LogP contribution is -2.40. The normalized spacial score (nSPS) is 15.8. The van der Waals surface area contributed by atoms with E-state index in [2.05, 4.69) is 47.2 Å². The number of H-pyrrole nitrogens is 1. The molecule has 1 aliphatic heterocycles. The van der Waals surface area contributed by atoms with Gasteiger partial charge in [-0.2, -0.15) is 0 Å². The monoisotopic (exact) mass is 449 g/mol. The van der Waals surface area contributed by atoms with Gasteiger partial charge in [-0.1, -0.05) is 38.1 Å². The molecule has 4 rings (SSSR count). The maximum atomic E-state index is 12.9. The van der Waals surface area contributed by atoms with Gasteiger partial charge >= 0.3 is 0 Å². The molecule has 1 fully saturated rings. The van der Waals surface area contributed by atoms with Gasteiger partial charge in [0.2, 0.25) is 0 Å². The van der Waals surface area contributed by atoms with Crippen LogP contribution in [0.2, 0.25) is 0 Å². The maximum Gasteiger partial charge on any atom is 0.253 e. The zero-order valence-electron chi connectivity index (χ0n) is 18.8. The Hall–Kier alpha value is -2.70. The van der Waals surface area contributed by atoms with Crippen LogP contribution in [0, 0.1) is 0 Å². The van der Waals surface area contributed by atoms with Crippen molar-refractivity contribution >= 4 is 33.9 Å². The van der Waals surface area contributed by atoms with Gasteiger partial charge in [-0.25, -0.2) is 0 Å². The predicted molar refractivity (Wildman–Crippen MR) is 135 cm³/mol. The second-order valence-electron chi connectivity index (χ2n) is 8.36. The number of benzene rings is 2. The number of aryl methyl sites for hydroxylation is 2. The van der Waals surface area contributed by atoms with E-state index in [1.54, 1.807) is 0 Å². The number of nitrogens with zero attached hydrogens (tertiary/aromatic N) is 1. The molecule has 1 aliphatic rings. The summed E-state index contributed by atoms with van der Waals surface area (Å²) in [6.07, 6.45) is 4.08. The number of nitrogens with one attached hydrogen (secondary N) is 2. The molecule has 3 aromatic rings. The topological polar surface area (TPSA) is 57.4 Å². The molecule has 168 valence electrons. The van der Waals surface area contributed by atoms with Crippen molar-refractivity contribution in [2.45, 2.75) is 52.2 Å². The summed E-state index contributed by atoms with van der Waals surface area (Å²) in [6, 6.07) is 16.4. The Kier molecular flexibility index (Phi) is 7.22. The van der Waals surface area contributed by atoms with Gasteiger partial charge in [-0.3, -0.25) is 4.79 Å². The van der Waals surface area contributed by atoms with Crippen molar-refractivity contribution in [3.63, 3.8) is 0 Å². The van der Waals surface area contributed by atoms with E-state index >= 15 is 0 Å². The van der Waals surface area contributed by atoms with Crippen LogP contribution in [0.1, 0.15) is 43.4 Å². The molecular formula is C26H31N3O2S. The van der Waals surface area contributed by atoms with Crippen LogP contribution in [0.25, 0.3) is 10.9 Å². The SMILES string of the molecule is CCc1ccc2[nH]c(=O)c(CN(CC3CCCO3)C(=S)Nc3ccccc3CC)cc2c1. The standard InChI is InChI=1S/C26H31N3O2S/c1-3-18-11-12-24-20(14-18)15-21(25(30)27-24)16-29(17-22-9-7-13-31-22)26(32)28-23-10-6-5-8-19(23)4-2/h5-6,8,10-12,14-15,22H,3-4,7,9,13,16-17H2,1-2H3,(H,27,30)(H,28,32). The highest BCUT2D eigenvalue weighted by Gasteiger charge is 2.22. The molecule has 6 heteroatoms. The summed E-state index contributed by atoms with van der Waals surface area (Å²) in [7, 11) is 0. The molecule has 1 atom stereocenters. The van der Waals surface area contributed by atoms with Gasteiger partial charge in [0.05, 0.1) is 12.6 Å². The second kappa shape index (κ2) is 10.3. The molecule has 0 radical (unpaired) electrons. The second-order valence-corrected chi connectivity index (χ2v) is 8.74. The van der Waals surface area contributed by atoms with Crippen molar-refractivity contribution < 1.29 is 4.74 Å².